The van der Waals surface area contributed by atoms with E-state index in [1.165, 1.54) is 25.7 Å². The zero-order valence-electron chi connectivity index (χ0n) is 12.3. The molecule has 0 heterocycles. The Hall–Kier alpha value is -0.590. The van der Waals surface area contributed by atoms with Crippen LogP contribution >= 0.6 is 0 Å². The fourth-order valence-electron chi connectivity index (χ4n) is 2.48. The van der Waals surface area contributed by atoms with Gasteiger partial charge in [0.2, 0.25) is 0 Å². The number of ether oxygens (including phenoxy) is 1. The van der Waals surface area contributed by atoms with Gasteiger partial charge in [0.15, 0.2) is 0 Å². The van der Waals surface area contributed by atoms with E-state index in [1.54, 1.807) is 0 Å². The molecule has 0 spiro atoms. The summed E-state index contributed by atoms with van der Waals surface area (Å²) in [4.78, 5) is 0. The molecule has 18 heavy (non-hydrogen) atoms. The van der Waals surface area contributed by atoms with Gasteiger partial charge in [0.25, 0.3) is 0 Å². The molecule has 1 aliphatic carbocycles. The van der Waals surface area contributed by atoms with Crippen molar-refractivity contribution >= 4 is 0 Å². The first kappa shape index (κ1) is 15.5. The lowest BCUT2D eigenvalue weighted by Gasteiger charge is -2.34. The quantitative estimate of drug-likeness (QED) is 0.789. The van der Waals surface area contributed by atoms with E-state index < -0.39 is 0 Å². The average Bonchev–Trinajstić information content (AvgIpc) is 2.29. The summed E-state index contributed by atoms with van der Waals surface area (Å²) in [5.41, 5.74) is 0.494. The van der Waals surface area contributed by atoms with E-state index in [1.807, 2.05) is 0 Å². The molecule has 0 aliphatic heterocycles. The third-order valence-electron chi connectivity index (χ3n) is 3.74. The highest BCUT2D eigenvalue weighted by Gasteiger charge is 2.27. The van der Waals surface area contributed by atoms with Gasteiger partial charge in [-0.1, -0.05) is 13.8 Å². The van der Waals surface area contributed by atoms with Crippen molar-refractivity contribution in [2.45, 2.75) is 78.0 Å². The van der Waals surface area contributed by atoms with Crippen molar-refractivity contribution in [3.05, 3.63) is 0 Å². The fraction of sp³-hybridized carbons (Fsp3) is 0.933. The maximum Gasteiger partial charge on any atom is 0.0976 e. The van der Waals surface area contributed by atoms with Crippen molar-refractivity contribution in [3.8, 4) is 6.07 Å². The Labute approximate surface area is 112 Å². The number of nitriles is 1. The number of nitrogens with one attached hydrogen (secondary N) is 1. The first-order chi connectivity index (χ1) is 8.43. The topological polar surface area (TPSA) is 45.0 Å². The molecule has 1 unspecified atom stereocenters. The smallest absolute Gasteiger partial charge is 0.0976 e. The lowest BCUT2D eigenvalue weighted by atomic mass is 9.76. The molecule has 3 heteroatoms. The minimum atomic E-state index is -0.0787. The maximum atomic E-state index is 9.01. The van der Waals surface area contributed by atoms with Crippen LogP contribution in [-0.4, -0.2) is 24.8 Å². The van der Waals surface area contributed by atoms with E-state index in [9.17, 15) is 0 Å². The lowest BCUT2D eigenvalue weighted by molar-refractivity contribution is 0.00186. The molecule has 1 fully saturated rings. The van der Waals surface area contributed by atoms with E-state index in [2.05, 4.69) is 39.1 Å². The molecule has 0 aromatic carbocycles. The van der Waals surface area contributed by atoms with Gasteiger partial charge in [-0.2, -0.15) is 5.26 Å². The largest absolute Gasteiger partial charge is 0.378 e. The molecule has 0 aromatic heterocycles. The van der Waals surface area contributed by atoms with E-state index in [4.69, 9.17) is 10.00 Å². The second-order valence-electron chi connectivity index (χ2n) is 6.53. The monoisotopic (exact) mass is 252 g/mol. The van der Waals surface area contributed by atoms with Gasteiger partial charge in [-0.25, -0.2) is 0 Å². The van der Waals surface area contributed by atoms with Gasteiger partial charge >= 0.3 is 0 Å². The predicted octanol–water partition coefficient (Wildman–Crippen LogP) is 3.25. The molecular weight excluding hydrogens is 224 g/mol. The highest BCUT2D eigenvalue weighted by Crippen LogP contribution is 2.36. The summed E-state index contributed by atoms with van der Waals surface area (Å²) in [6, 6.07) is 2.57. The number of rotatable bonds is 6. The summed E-state index contributed by atoms with van der Waals surface area (Å²) in [6.45, 7) is 9.49. The molecule has 1 saturated carbocycles. The molecule has 1 N–H and O–H groups in total. The van der Waals surface area contributed by atoms with Gasteiger partial charge in [-0.15, -0.1) is 0 Å². The number of nitrogens with zero attached hydrogens (tertiary/aromatic N) is 1. The molecule has 1 rings (SSSR count). The molecule has 3 nitrogen and oxygen atoms in total. The molecule has 0 amide bonds. The Morgan fingerprint density at radius 3 is 2.44 bits per heavy atom. The van der Waals surface area contributed by atoms with Gasteiger partial charge in [0, 0.05) is 12.6 Å². The van der Waals surface area contributed by atoms with Gasteiger partial charge in [-0.05, 0) is 51.4 Å². The van der Waals surface area contributed by atoms with Crippen molar-refractivity contribution in [2.75, 3.05) is 6.61 Å². The van der Waals surface area contributed by atoms with Crippen LogP contribution in [0.4, 0.5) is 0 Å². The Kier molecular flexibility index (Phi) is 6.11. The molecule has 0 aromatic rings. The standard InChI is InChI=1S/C15H28N2O/c1-12(2)17-13(11-16)7-10-18-14-5-8-15(3,4)9-6-14/h12-14,17H,5-10H2,1-4H3. The third kappa shape index (κ3) is 5.84. The van der Waals surface area contributed by atoms with Crippen LogP contribution in [0.1, 0.15) is 59.8 Å². The Morgan fingerprint density at radius 2 is 1.94 bits per heavy atom. The molecule has 0 saturated heterocycles. The summed E-state index contributed by atoms with van der Waals surface area (Å²) < 4.78 is 5.90. The molecular formula is C15H28N2O. The van der Waals surface area contributed by atoms with Crippen molar-refractivity contribution in [1.82, 2.24) is 5.32 Å². The van der Waals surface area contributed by atoms with Crippen molar-refractivity contribution < 1.29 is 4.74 Å². The Morgan fingerprint density at radius 1 is 1.33 bits per heavy atom. The van der Waals surface area contributed by atoms with E-state index in [0.717, 1.165) is 6.42 Å². The fourth-order valence-corrected chi connectivity index (χ4v) is 2.48. The van der Waals surface area contributed by atoms with Crippen LogP contribution in [0.15, 0.2) is 0 Å². The van der Waals surface area contributed by atoms with Crippen LogP contribution in [0.2, 0.25) is 0 Å². The van der Waals surface area contributed by atoms with Crippen LogP contribution in [0, 0.1) is 16.7 Å². The van der Waals surface area contributed by atoms with E-state index in [-0.39, 0.29) is 6.04 Å². The lowest BCUT2D eigenvalue weighted by Crippen LogP contribution is -2.35. The normalized spacial score (nSPS) is 21.8. The number of hydrogen-bond donors (Lipinski definition) is 1. The van der Waals surface area contributed by atoms with Crippen LogP contribution in [0.25, 0.3) is 0 Å². The minimum absolute atomic E-state index is 0.0787. The summed E-state index contributed by atoms with van der Waals surface area (Å²) in [5, 5.41) is 12.3. The van der Waals surface area contributed by atoms with Crippen molar-refractivity contribution in [1.29, 1.82) is 5.26 Å². The third-order valence-corrected chi connectivity index (χ3v) is 3.74. The minimum Gasteiger partial charge on any atom is -0.378 e. The van der Waals surface area contributed by atoms with Crippen LogP contribution in [0.5, 0.6) is 0 Å². The second kappa shape index (κ2) is 7.11. The molecule has 0 radical (unpaired) electrons. The number of hydrogen-bond acceptors (Lipinski definition) is 3. The summed E-state index contributed by atoms with van der Waals surface area (Å²) >= 11 is 0. The van der Waals surface area contributed by atoms with Gasteiger partial charge < -0.3 is 4.74 Å². The zero-order chi connectivity index (χ0) is 13.6. The zero-order valence-corrected chi connectivity index (χ0v) is 12.3. The summed E-state index contributed by atoms with van der Waals surface area (Å²) in [6.07, 6.45) is 6.04. The first-order valence-electron chi connectivity index (χ1n) is 7.20. The average molecular weight is 252 g/mol. The van der Waals surface area contributed by atoms with Crippen LogP contribution < -0.4 is 5.32 Å². The highest BCUT2D eigenvalue weighted by molar-refractivity contribution is 4.90. The van der Waals surface area contributed by atoms with Gasteiger partial charge in [0.1, 0.15) is 0 Å². The van der Waals surface area contributed by atoms with E-state index >= 15 is 0 Å². The predicted molar refractivity (Wildman–Crippen MR) is 74.3 cm³/mol. The molecule has 104 valence electrons. The molecule has 1 atom stereocenters. The SMILES string of the molecule is CC(C)NC(C#N)CCOC1CCC(C)(C)CC1. The van der Waals surface area contributed by atoms with Crippen molar-refractivity contribution in [2.24, 2.45) is 5.41 Å². The van der Waals surface area contributed by atoms with Gasteiger partial charge in [0.05, 0.1) is 18.2 Å². The second-order valence-corrected chi connectivity index (χ2v) is 6.53. The van der Waals surface area contributed by atoms with Crippen LogP contribution in [0.3, 0.4) is 0 Å². The van der Waals surface area contributed by atoms with Crippen LogP contribution in [-0.2, 0) is 4.74 Å². The van der Waals surface area contributed by atoms with E-state index in [0.29, 0.717) is 24.2 Å². The molecule has 0 bridgehead atoms. The van der Waals surface area contributed by atoms with Crippen molar-refractivity contribution in [3.63, 3.8) is 0 Å². The maximum absolute atomic E-state index is 9.01. The summed E-state index contributed by atoms with van der Waals surface area (Å²) in [7, 11) is 0. The molecule has 1 aliphatic rings. The Bertz CT molecular complexity index is 271. The highest BCUT2D eigenvalue weighted by atomic mass is 16.5. The van der Waals surface area contributed by atoms with Gasteiger partial charge in [-0.3, -0.25) is 5.32 Å². The Balaban J connectivity index is 2.16. The summed E-state index contributed by atoms with van der Waals surface area (Å²) in [5.74, 6) is 0. The first-order valence-corrected chi connectivity index (χ1v) is 7.20.